The number of aryl methyl sites for hydroxylation is 1. The third kappa shape index (κ3) is 5.21. The molecule has 1 aliphatic heterocycles. The smallest absolute Gasteiger partial charge is 0.0746 e. The molecule has 0 radical (unpaired) electrons. The van der Waals surface area contributed by atoms with Crippen molar-refractivity contribution in [2.24, 2.45) is 0 Å². The first kappa shape index (κ1) is 20.0. The highest BCUT2D eigenvalue weighted by Gasteiger charge is 2.26. The fourth-order valence-electron chi connectivity index (χ4n) is 4.48. The van der Waals surface area contributed by atoms with Crippen LogP contribution in [0.5, 0.6) is 0 Å². The quantitative estimate of drug-likeness (QED) is 0.637. The number of para-hydroxylation sites is 1. The third-order valence-corrected chi connectivity index (χ3v) is 6.01. The molecule has 3 aromatic rings. The molecule has 0 bridgehead atoms. The summed E-state index contributed by atoms with van der Waals surface area (Å²) in [6.45, 7) is 5.42. The SMILES string of the molecule is OCC[C@H]1CN(Cc2cccc3cccnc23)CCN1CCCc1ccccc1. The van der Waals surface area contributed by atoms with Gasteiger partial charge in [-0.25, -0.2) is 0 Å². The van der Waals surface area contributed by atoms with E-state index in [9.17, 15) is 5.11 Å². The van der Waals surface area contributed by atoms with Gasteiger partial charge in [0.25, 0.3) is 0 Å². The van der Waals surface area contributed by atoms with Crippen LogP contribution in [-0.2, 0) is 13.0 Å². The standard InChI is InChI=1S/C25H31N3O/c29-18-13-24-20-27(19-23-11-4-10-22-12-5-14-26-25(22)23)16-17-28(24)15-6-9-21-7-2-1-3-8-21/h1-5,7-8,10-12,14,24,29H,6,9,13,15-20H2/t24-/m0/s1. The largest absolute Gasteiger partial charge is 0.396 e. The minimum atomic E-state index is 0.253. The zero-order chi connectivity index (χ0) is 19.9. The van der Waals surface area contributed by atoms with Crippen LogP contribution >= 0.6 is 0 Å². The average Bonchev–Trinajstić information content (AvgIpc) is 2.76. The van der Waals surface area contributed by atoms with E-state index in [4.69, 9.17) is 0 Å². The molecule has 29 heavy (non-hydrogen) atoms. The number of nitrogens with zero attached hydrogens (tertiary/aromatic N) is 3. The number of aromatic nitrogens is 1. The van der Waals surface area contributed by atoms with Crippen molar-refractivity contribution in [1.29, 1.82) is 0 Å². The molecule has 1 fully saturated rings. The van der Waals surface area contributed by atoms with Gasteiger partial charge in [-0.05, 0) is 43.0 Å². The molecule has 4 nitrogen and oxygen atoms in total. The number of piperazine rings is 1. The van der Waals surface area contributed by atoms with Gasteiger partial charge in [0.15, 0.2) is 0 Å². The Morgan fingerprint density at radius 3 is 2.69 bits per heavy atom. The first-order valence-corrected chi connectivity index (χ1v) is 10.8. The highest BCUT2D eigenvalue weighted by Crippen LogP contribution is 2.21. The molecule has 4 rings (SSSR count). The molecule has 0 saturated carbocycles. The van der Waals surface area contributed by atoms with Crippen LogP contribution in [0, 0.1) is 0 Å². The monoisotopic (exact) mass is 389 g/mol. The molecule has 152 valence electrons. The van der Waals surface area contributed by atoms with Gasteiger partial charge >= 0.3 is 0 Å². The van der Waals surface area contributed by atoms with Crippen molar-refractivity contribution >= 4 is 10.9 Å². The lowest BCUT2D eigenvalue weighted by molar-refractivity contribution is 0.0548. The van der Waals surface area contributed by atoms with Crippen LogP contribution in [0.2, 0.25) is 0 Å². The second-order valence-corrected chi connectivity index (χ2v) is 8.02. The van der Waals surface area contributed by atoms with Crippen LogP contribution in [0.4, 0.5) is 0 Å². The van der Waals surface area contributed by atoms with Crippen LogP contribution < -0.4 is 0 Å². The summed E-state index contributed by atoms with van der Waals surface area (Å²) in [5.41, 5.74) is 3.82. The summed E-state index contributed by atoms with van der Waals surface area (Å²) >= 11 is 0. The molecule has 0 aliphatic carbocycles. The Morgan fingerprint density at radius 2 is 1.83 bits per heavy atom. The van der Waals surface area contributed by atoms with Gasteiger partial charge in [-0.2, -0.15) is 0 Å². The van der Waals surface area contributed by atoms with E-state index in [1.54, 1.807) is 0 Å². The first-order chi connectivity index (χ1) is 14.3. The van der Waals surface area contributed by atoms with E-state index < -0.39 is 0 Å². The summed E-state index contributed by atoms with van der Waals surface area (Å²) in [6, 6.07) is 21.7. The summed E-state index contributed by atoms with van der Waals surface area (Å²) < 4.78 is 0. The Labute approximate surface area is 173 Å². The molecule has 2 aromatic carbocycles. The summed E-state index contributed by atoms with van der Waals surface area (Å²) in [4.78, 5) is 9.71. The van der Waals surface area contributed by atoms with Crippen molar-refractivity contribution in [1.82, 2.24) is 14.8 Å². The number of fused-ring (bicyclic) bond motifs is 1. The lowest BCUT2D eigenvalue weighted by Crippen LogP contribution is -2.53. The van der Waals surface area contributed by atoms with Crippen LogP contribution in [0.15, 0.2) is 66.9 Å². The van der Waals surface area contributed by atoms with Crippen molar-refractivity contribution in [3.8, 4) is 0 Å². The van der Waals surface area contributed by atoms with Crippen molar-refractivity contribution in [3.05, 3.63) is 78.0 Å². The Kier molecular flexibility index (Phi) is 6.88. The number of rotatable bonds is 8. The third-order valence-electron chi connectivity index (χ3n) is 6.01. The molecule has 0 amide bonds. The second kappa shape index (κ2) is 9.97. The summed E-state index contributed by atoms with van der Waals surface area (Å²) in [5, 5.41) is 10.8. The van der Waals surface area contributed by atoms with Crippen molar-refractivity contribution in [2.75, 3.05) is 32.8 Å². The Bertz CT molecular complexity index is 893. The summed E-state index contributed by atoms with van der Waals surface area (Å²) in [7, 11) is 0. The molecule has 1 atom stereocenters. The predicted molar refractivity (Wildman–Crippen MR) is 119 cm³/mol. The fraction of sp³-hybridized carbons (Fsp3) is 0.400. The first-order valence-electron chi connectivity index (χ1n) is 10.8. The number of aliphatic hydroxyl groups excluding tert-OH is 1. The molecule has 1 saturated heterocycles. The van der Waals surface area contributed by atoms with Crippen molar-refractivity contribution in [2.45, 2.75) is 31.8 Å². The van der Waals surface area contributed by atoms with Crippen LogP contribution in [0.25, 0.3) is 10.9 Å². The highest BCUT2D eigenvalue weighted by molar-refractivity contribution is 5.81. The van der Waals surface area contributed by atoms with Gasteiger partial charge in [0.2, 0.25) is 0 Å². The summed E-state index contributed by atoms with van der Waals surface area (Å²) in [5.74, 6) is 0. The van der Waals surface area contributed by atoms with Crippen LogP contribution in [-0.4, -0.2) is 58.7 Å². The maximum absolute atomic E-state index is 9.60. The lowest BCUT2D eigenvalue weighted by atomic mass is 10.0. The molecule has 1 aliphatic rings. The topological polar surface area (TPSA) is 39.6 Å². The van der Waals surface area contributed by atoms with Crippen molar-refractivity contribution < 1.29 is 5.11 Å². The average molecular weight is 390 g/mol. The van der Waals surface area contributed by atoms with E-state index in [1.165, 1.54) is 22.9 Å². The number of hydrogen-bond acceptors (Lipinski definition) is 4. The molecular formula is C25H31N3O. The van der Waals surface area contributed by atoms with Crippen molar-refractivity contribution in [3.63, 3.8) is 0 Å². The van der Waals surface area contributed by atoms with E-state index >= 15 is 0 Å². The number of aliphatic hydroxyl groups is 1. The molecule has 1 aromatic heterocycles. The molecular weight excluding hydrogens is 358 g/mol. The van der Waals surface area contributed by atoms with E-state index in [0.717, 1.165) is 51.1 Å². The fourth-order valence-corrected chi connectivity index (χ4v) is 4.48. The lowest BCUT2D eigenvalue weighted by Gasteiger charge is -2.41. The zero-order valence-electron chi connectivity index (χ0n) is 17.1. The normalized spacial score (nSPS) is 18.3. The predicted octanol–water partition coefficient (Wildman–Crippen LogP) is 3.74. The highest BCUT2D eigenvalue weighted by atomic mass is 16.3. The van der Waals surface area contributed by atoms with Gasteiger partial charge in [-0.15, -0.1) is 0 Å². The second-order valence-electron chi connectivity index (χ2n) is 8.02. The van der Waals surface area contributed by atoms with Gasteiger partial charge < -0.3 is 5.11 Å². The Hall–Kier alpha value is -2.27. The van der Waals surface area contributed by atoms with Gasteiger partial charge in [-0.1, -0.05) is 54.6 Å². The van der Waals surface area contributed by atoms with Gasteiger partial charge in [-0.3, -0.25) is 14.8 Å². The minimum Gasteiger partial charge on any atom is -0.396 e. The molecule has 4 heteroatoms. The molecule has 1 N–H and O–H groups in total. The van der Waals surface area contributed by atoms with Gasteiger partial charge in [0, 0.05) is 50.4 Å². The Balaban J connectivity index is 1.36. The van der Waals surface area contributed by atoms with Crippen LogP contribution in [0.1, 0.15) is 24.0 Å². The zero-order valence-corrected chi connectivity index (χ0v) is 17.1. The van der Waals surface area contributed by atoms with E-state index in [-0.39, 0.29) is 6.61 Å². The Morgan fingerprint density at radius 1 is 0.966 bits per heavy atom. The number of pyridine rings is 1. The molecule has 0 unspecified atom stereocenters. The number of benzene rings is 2. The van der Waals surface area contributed by atoms with E-state index in [2.05, 4.69) is 69.4 Å². The van der Waals surface area contributed by atoms with Crippen LogP contribution in [0.3, 0.4) is 0 Å². The molecule has 0 spiro atoms. The minimum absolute atomic E-state index is 0.253. The van der Waals surface area contributed by atoms with Gasteiger partial charge in [0.1, 0.15) is 0 Å². The maximum Gasteiger partial charge on any atom is 0.0746 e. The van der Waals surface area contributed by atoms with E-state index in [0.29, 0.717) is 6.04 Å². The maximum atomic E-state index is 9.60. The molecule has 2 heterocycles. The number of hydrogen-bond donors (Lipinski definition) is 1. The van der Waals surface area contributed by atoms with Gasteiger partial charge in [0.05, 0.1) is 5.52 Å². The summed E-state index contributed by atoms with van der Waals surface area (Å²) in [6.07, 6.45) is 5.01. The van der Waals surface area contributed by atoms with E-state index in [1.807, 2.05) is 12.3 Å².